The number of nitrogens with one attached hydrogen (secondary N) is 3. The lowest BCUT2D eigenvalue weighted by atomic mass is 9.98. The molecule has 1 aliphatic rings. The van der Waals surface area contributed by atoms with E-state index < -0.39 is 50.7 Å². The van der Waals surface area contributed by atoms with Crippen molar-refractivity contribution in [2.45, 2.75) is 30.6 Å². The van der Waals surface area contributed by atoms with E-state index in [2.05, 4.69) is 10.3 Å². The molecule has 0 bridgehead atoms. The smallest absolute Gasteiger partial charge is 0.322 e. The number of aromatic nitrogens is 1. The zero-order valence-electron chi connectivity index (χ0n) is 17.0. The number of aryl methyl sites for hydroxylation is 1. The van der Waals surface area contributed by atoms with Crippen molar-refractivity contribution in [3.05, 3.63) is 59.4 Å². The molecule has 12 heteroatoms. The summed E-state index contributed by atoms with van der Waals surface area (Å²) in [6.45, 7) is 0. The van der Waals surface area contributed by atoms with Crippen molar-refractivity contribution in [2.24, 2.45) is 5.14 Å². The van der Waals surface area contributed by atoms with Gasteiger partial charge in [0.05, 0.1) is 10.8 Å². The maximum absolute atomic E-state index is 14.4. The molecule has 33 heavy (non-hydrogen) atoms. The van der Waals surface area contributed by atoms with Gasteiger partial charge in [-0.2, -0.15) is 0 Å². The number of carbonyl (C=O) groups is 2. The minimum Gasteiger partial charge on any atom is -0.352 e. The van der Waals surface area contributed by atoms with Gasteiger partial charge in [-0.3, -0.25) is 10.1 Å². The lowest BCUT2D eigenvalue weighted by Gasteiger charge is -2.18. The fourth-order valence-corrected chi connectivity index (χ4v) is 4.91. The molecule has 1 saturated heterocycles. The van der Waals surface area contributed by atoms with E-state index in [0.29, 0.717) is 22.9 Å². The van der Waals surface area contributed by atoms with Gasteiger partial charge >= 0.3 is 6.03 Å². The minimum absolute atomic E-state index is 0.0129. The number of amides is 3. The topological polar surface area (TPSA) is 134 Å². The second kappa shape index (κ2) is 8.52. The van der Waals surface area contributed by atoms with E-state index in [1.165, 1.54) is 24.3 Å². The van der Waals surface area contributed by atoms with Crippen molar-refractivity contribution in [3.63, 3.8) is 0 Å². The van der Waals surface area contributed by atoms with Crippen LogP contribution in [-0.4, -0.2) is 36.6 Å². The molecule has 3 aromatic rings. The van der Waals surface area contributed by atoms with E-state index in [1.807, 2.05) is 5.32 Å². The number of rotatable bonds is 7. The number of H-pyrrole nitrogens is 1. The number of halogens is 3. The van der Waals surface area contributed by atoms with Crippen molar-refractivity contribution in [1.29, 1.82) is 0 Å². The van der Waals surface area contributed by atoms with Gasteiger partial charge in [0, 0.05) is 17.1 Å². The summed E-state index contributed by atoms with van der Waals surface area (Å²) in [5.74, 6) is -2.82. The van der Waals surface area contributed by atoms with Crippen molar-refractivity contribution in [3.8, 4) is 11.3 Å². The van der Waals surface area contributed by atoms with Gasteiger partial charge in [0.2, 0.25) is 10.0 Å². The van der Waals surface area contributed by atoms with Crippen LogP contribution in [-0.2, 0) is 21.2 Å². The normalized spacial score (nSPS) is 17.3. The molecule has 2 heterocycles. The Morgan fingerprint density at radius 3 is 2.33 bits per heavy atom. The first kappa shape index (κ1) is 22.8. The molecule has 1 aliphatic heterocycles. The SMILES string of the molecule is NS(=O)(=O)C(CCc1c(-c2ccc(F)cc2)[nH]c2c(F)cc(F)cc12)CC1NC(=O)NC1=O. The van der Waals surface area contributed by atoms with E-state index in [0.717, 1.165) is 6.07 Å². The number of aromatic amines is 1. The Bertz CT molecular complexity index is 1360. The highest BCUT2D eigenvalue weighted by molar-refractivity contribution is 7.89. The number of urea groups is 1. The van der Waals surface area contributed by atoms with E-state index in [-0.39, 0.29) is 30.2 Å². The minimum atomic E-state index is -4.14. The summed E-state index contributed by atoms with van der Waals surface area (Å²) in [7, 11) is -4.14. The van der Waals surface area contributed by atoms with Crippen LogP contribution in [0.5, 0.6) is 0 Å². The maximum atomic E-state index is 14.4. The summed E-state index contributed by atoms with van der Waals surface area (Å²) < 4.78 is 66.2. The van der Waals surface area contributed by atoms with Gasteiger partial charge in [0.25, 0.3) is 5.91 Å². The number of imide groups is 1. The Morgan fingerprint density at radius 1 is 1.03 bits per heavy atom. The van der Waals surface area contributed by atoms with Crippen molar-refractivity contribution in [1.82, 2.24) is 15.6 Å². The summed E-state index contributed by atoms with van der Waals surface area (Å²) in [5.41, 5.74) is 1.27. The molecule has 0 saturated carbocycles. The molecule has 1 fully saturated rings. The average Bonchev–Trinajstić information content (AvgIpc) is 3.24. The highest BCUT2D eigenvalue weighted by Gasteiger charge is 2.35. The second-order valence-electron chi connectivity index (χ2n) is 7.80. The molecule has 3 amide bonds. The molecule has 0 spiro atoms. The van der Waals surface area contributed by atoms with Gasteiger partial charge < -0.3 is 10.3 Å². The summed E-state index contributed by atoms with van der Waals surface area (Å²) >= 11 is 0. The Labute approximate surface area is 186 Å². The van der Waals surface area contributed by atoms with Crippen LogP contribution < -0.4 is 15.8 Å². The van der Waals surface area contributed by atoms with Crippen LogP contribution in [0, 0.1) is 17.5 Å². The lowest BCUT2D eigenvalue weighted by Crippen LogP contribution is -2.38. The first-order valence-electron chi connectivity index (χ1n) is 9.91. The number of fused-ring (bicyclic) bond motifs is 1. The summed E-state index contributed by atoms with van der Waals surface area (Å²) in [5, 5.41) is 8.68. The van der Waals surface area contributed by atoms with Crippen molar-refractivity contribution in [2.75, 3.05) is 0 Å². The second-order valence-corrected chi connectivity index (χ2v) is 9.64. The van der Waals surface area contributed by atoms with E-state index >= 15 is 0 Å². The van der Waals surface area contributed by atoms with Crippen LogP contribution in [0.15, 0.2) is 36.4 Å². The molecule has 2 aromatic carbocycles. The Morgan fingerprint density at radius 2 is 1.73 bits per heavy atom. The molecule has 1 aromatic heterocycles. The molecule has 0 radical (unpaired) electrons. The average molecular weight is 480 g/mol. The molecule has 4 rings (SSSR count). The highest BCUT2D eigenvalue weighted by atomic mass is 32.2. The van der Waals surface area contributed by atoms with E-state index in [4.69, 9.17) is 5.14 Å². The molecule has 0 aliphatic carbocycles. The largest absolute Gasteiger partial charge is 0.352 e. The van der Waals surface area contributed by atoms with Gasteiger partial charge in [-0.05, 0) is 60.7 Å². The van der Waals surface area contributed by atoms with Gasteiger partial charge in [-0.15, -0.1) is 0 Å². The van der Waals surface area contributed by atoms with Crippen LogP contribution in [0.1, 0.15) is 18.4 Å². The highest BCUT2D eigenvalue weighted by Crippen LogP contribution is 2.34. The molecular formula is C21H19F3N4O4S. The van der Waals surface area contributed by atoms with Crippen molar-refractivity contribution >= 4 is 32.9 Å². The predicted octanol–water partition coefficient (Wildman–Crippen LogP) is 2.44. The van der Waals surface area contributed by atoms with Crippen LogP contribution in [0.3, 0.4) is 0 Å². The number of hydrogen-bond donors (Lipinski definition) is 4. The van der Waals surface area contributed by atoms with Crippen LogP contribution in [0.2, 0.25) is 0 Å². The molecule has 8 nitrogen and oxygen atoms in total. The standard InChI is InChI=1S/C21H19F3N4O4S/c22-11-3-1-10(2-4-11)18-14(15-7-12(23)8-16(24)19(15)27-18)6-5-13(33(25,31)32)9-17-20(29)28-21(30)26-17/h1-4,7-8,13,17,27H,5-6,9H2,(H2,25,31,32)(H2,26,28,29,30). The number of benzene rings is 2. The third-order valence-corrected chi connectivity index (χ3v) is 6.96. The number of hydrogen-bond acceptors (Lipinski definition) is 4. The first-order valence-corrected chi connectivity index (χ1v) is 11.5. The Balaban J connectivity index is 1.71. The number of carbonyl (C=O) groups excluding carboxylic acids is 2. The Kier molecular flexibility index (Phi) is 5.89. The molecule has 174 valence electrons. The summed E-state index contributed by atoms with van der Waals surface area (Å²) in [4.78, 5) is 26.1. The van der Waals surface area contributed by atoms with Gasteiger partial charge in [0.15, 0.2) is 0 Å². The third-order valence-electron chi connectivity index (χ3n) is 5.60. The summed E-state index contributed by atoms with van der Waals surface area (Å²) in [6, 6.07) is 5.33. The number of nitrogens with two attached hydrogens (primary N) is 1. The van der Waals surface area contributed by atoms with Crippen LogP contribution >= 0.6 is 0 Å². The van der Waals surface area contributed by atoms with Crippen LogP contribution in [0.4, 0.5) is 18.0 Å². The van der Waals surface area contributed by atoms with Gasteiger partial charge in [-0.1, -0.05) is 0 Å². The number of sulfonamides is 1. The maximum Gasteiger partial charge on any atom is 0.322 e. The van der Waals surface area contributed by atoms with E-state index in [1.54, 1.807) is 0 Å². The molecular weight excluding hydrogens is 461 g/mol. The Hall–Kier alpha value is -3.38. The zero-order chi connectivity index (χ0) is 23.9. The zero-order valence-corrected chi connectivity index (χ0v) is 17.8. The lowest BCUT2D eigenvalue weighted by molar-refractivity contribution is -0.120. The first-order chi connectivity index (χ1) is 15.5. The molecule has 5 N–H and O–H groups in total. The molecule has 2 unspecified atom stereocenters. The van der Waals surface area contributed by atoms with Crippen molar-refractivity contribution < 1.29 is 31.2 Å². The van der Waals surface area contributed by atoms with Gasteiger partial charge in [0.1, 0.15) is 23.5 Å². The monoisotopic (exact) mass is 480 g/mol. The number of primary sulfonamides is 1. The fraction of sp³-hybridized carbons (Fsp3) is 0.238. The predicted molar refractivity (Wildman–Crippen MR) is 114 cm³/mol. The van der Waals surface area contributed by atoms with Gasteiger partial charge in [-0.25, -0.2) is 31.5 Å². The summed E-state index contributed by atoms with van der Waals surface area (Å²) in [6.07, 6.45) is -0.357. The fourth-order valence-electron chi connectivity index (χ4n) is 4.01. The quantitative estimate of drug-likeness (QED) is 0.387. The third kappa shape index (κ3) is 4.71. The van der Waals surface area contributed by atoms with Crippen LogP contribution in [0.25, 0.3) is 22.2 Å². The molecule has 2 atom stereocenters. The van der Waals surface area contributed by atoms with E-state index in [9.17, 15) is 31.2 Å².